The van der Waals surface area contributed by atoms with Gasteiger partial charge in [-0.2, -0.15) is 0 Å². The summed E-state index contributed by atoms with van der Waals surface area (Å²) in [6.07, 6.45) is 6.31. The molecule has 3 rings (SSSR count). The van der Waals surface area contributed by atoms with Crippen molar-refractivity contribution in [3.05, 3.63) is 108 Å². The number of carbonyl (C=O) groups excluding carboxylic acids is 8. The van der Waals surface area contributed by atoms with Gasteiger partial charge >= 0.3 is 18.2 Å². The van der Waals surface area contributed by atoms with Gasteiger partial charge in [0, 0.05) is 7.05 Å². The third-order valence-electron chi connectivity index (χ3n) is 13.5. The maximum atomic E-state index is 14.5. The Labute approximate surface area is 472 Å². The number of benzene rings is 3. The summed E-state index contributed by atoms with van der Waals surface area (Å²) < 4.78 is 22.3. The zero-order chi connectivity index (χ0) is 58.8. The minimum absolute atomic E-state index is 0.0665. The van der Waals surface area contributed by atoms with Crippen molar-refractivity contribution in [1.82, 2.24) is 31.5 Å². The monoisotopic (exact) mass is 1110 g/mol. The number of carbonyl (C=O) groups is 8. The number of unbranched alkanes of at least 4 members (excludes halogenated alkanes) is 7. The number of nitrogens with one attached hydrogen (secondary N) is 5. The molecule has 440 valence electrons. The van der Waals surface area contributed by atoms with E-state index in [9.17, 15) is 38.4 Å². The van der Waals surface area contributed by atoms with E-state index in [0.717, 1.165) is 55.2 Å². The van der Waals surface area contributed by atoms with Crippen molar-refractivity contribution < 1.29 is 57.3 Å². The van der Waals surface area contributed by atoms with Gasteiger partial charge in [0.05, 0.1) is 31.6 Å². The highest BCUT2D eigenvalue weighted by atomic mass is 16.6. The Balaban J connectivity index is 1.73. The second-order valence-electron chi connectivity index (χ2n) is 20.7. The normalized spacial score (nSPS) is 13.6. The molecule has 3 aromatic rings. The van der Waals surface area contributed by atoms with Crippen LogP contribution in [0.4, 0.5) is 9.59 Å². The summed E-state index contributed by atoms with van der Waals surface area (Å²) in [7, 11) is 1.51. The maximum absolute atomic E-state index is 14.5. The lowest BCUT2D eigenvalue weighted by molar-refractivity contribution is -0.157. The van der Waals surface area contributed by atoms with Crippen molar-refractivity contribution in [1.29, 1.82) is 0 Å². The summed E-state index contributed by atoms with van der Waals surface area (Å²) in [5.74, 6) is -6.52. The molecule has 3 aromatic carbocycles. The fourth-order valence-electron chi connectivity index (χ4n) is 8.37. The van der Waals surface area contributed by atoms with Gasteiger partial charge in [0.1, 0.15) is 44.0 Å². The van der Waals surface area contributed by atoms with Crippen LogP contribution >= 0.6 is 0 Å². The smallest absolute Gasteiger partial charge is 0.414 e. The number of nitrogens with zero attached hydrogens (tertiary/aromatic N) is 2. The first-order valence-corrected chi connectivity index (χ1v) is 28.1. The van der Waals surface area contributed by atoms with Crippen molar-refractivity contribution in [3.63, 3.8) is 0 Å². The van der Waals surface area contributed by atoms with Crippen LogP contribution in [0.2, 0.25) is 0 Å². The van der Waals surface area contributed by atoms with Crippen molar-refractivity contribution >= 4 is 53.7 Å². The molecule has 0 aliphatic heterocycles. The van der Waals surface area contributed by atoms with E-state index >= 15 is 0 Å². The number of guanidine groups is 1. The highest BCUT2D eigenvalue weighted by molar-refractivity contribution is 6.01. The summed E-state index contributed by atoms with van der Waals surface area (Å²) in [5.41, 5.74) is 7.99. The number of esters is 1. The van der Waals surface area contributed by atoms with Crippen LogP contribution in [0.15, 0.2) is 96.0 Å². The Morgan fingerprint density at radius 3 is 1.65 bits per heavy atom. The number of ether oxygens (including phenoxy) is 4. The minimum atomic E-state index is -1.18. The molecule has 0 saturated carbocycles. The Bertz CT molecular complexity index is 2330. The lowest BCUT2D eigenvalue weighted by Crippen LogP contribution is -2.59. The second-order valence-corrected chi connectivity index (χ2v) is 20.7. The van der Waals surface area contributed by atoms with Crippen LogP contribution in [-0.2, 0) is 67.5 Å². The molecule has 20 heteroatoms. The number of hydrogen-bond acceptors (Lipinski definition) is 13. The molecular weight excluding hydrogens is 1020 g/mol. The summed E-state index contributed by atoms with van der Waals surface area (Å²) in [4.78, 5) is 113. The number of likely N-dealkylation sites (N-methyl/N-ethyl adjacent to an activating group) is 1. The van der Waals surface area contributed by atoms with Crippen LogP contribution in [0.5, 0.6) is 0 Å². The molecule has 0 fully saturated rings. The van der Waals surface area contributed by atoms with E-state index in [-0.39, 0.29) is 51.3 Å². The average molecular weight is 1110 g/mol. The van der Waals surface area contributed by atoms with E-state index in [0.29, 0.717) is 19.3 Å². The van der Waals surface area contributed by atoms with Crippen LogP contribution < -0.4 is 32.3 Å². The van der Waals surface area contributed by atoms with Gasteiger partial charge in [0.15, 0.2) is 0 Å². The number of aliphatic imine (C=N–C) groups is 1. The van der Waals surface area contributed by atoms with Crippen LogP contribution in [0.1, 0.15) is 136 Å². The van der Waals surface area contributed by atoms with E-state index in [4.69, 9.17) is 24.7 Å². The maximum Gasteiger partial charge on any atom is 0.414 e. The summed E-state index contributed by atoms with van der Waals surface area (Å²) >= 11 is 0. The van der Waals surface area contributed by atoms with Crippen molar-refractivity contribution in [3.8, 4) is 0 Å². The fourth-order valence-corrected chi connectivity index (χ4v) is 8.37. The van der Waals surface area contributed by atoms with Gasteiger partial charge in [0.2, 0.25) is 35.5 Å². The molecule has 20 nitrogen and oxygen atoms in total. The third kappa shape index (κ3) is 26.1. The van der Waals surface area contributed by atoms with Gasteiger partial charge in [-0.3, -0.25) is 44.4 Å². The SMILES string of the molecule is CCCCCCCCCC[C@H](OC(=O)CNC(=O)[C@@H](C)CN=C(NC(=O)OCc1ccccc1)NC(=O)OCc1ccccc1)[C@@H](C)C(=O)N(C)[C@@H](CC(C)C)C(=O)N[C@H](C(=O)N[C@@H](COCc1ccccc1)C(N)=O)[C@H](C)CC. The largest absolute Gasteiger partial charge is 0.460 e. The minimum Gasteiger partial charge on any atom is -0.460 e. The van der Waals surface area contributed by atoms with Gasteiger partial charge in [-0.25, -0.2) is 9.59 Å². The molecule has 0 saturated heterocycles. The molecular formula is C60H88N8O12. The molecule has 80 heavy (non-hydrogen) atoms. The van der Waals surface area contributed by atoms with Crippen LogP contribution in [0.3, 0.4) is 0 Å². The first kappa shape index (κ1) is 66.9. The Morgan fingerprint density at radius 1 is 0.637 bits per heavy atom. The molecule has 0 radical (unpaired) electrons. The predicted molar refractivity (Wildman–Crippen MR) is 305 cm³/mol. The number of alkyl carbamates (subject to hydrolysis) is 2. The standard InChI is InChI=1S/C60H88N8O12/c1-9-11-12-13-14-15-16-26-33-50(44(7)57(74)68(8)49(34-41(3)4)55(72)65-52(42(5)10-2)56(73)64-48(53(61)70)40-77-37-45-27-20-17-21-28-45)80-51(69)36-62-54(71)43(6)35-63-58(66-59(75)78-38-46-29-22-18-23-30-46)67-60(76)79-39-47-31-24-19-25-32-47/h17-25,27-32,41-44,48-50,52H,9-16,26,33-40H2,1-8H3,(H2,61,70)(H,62,71)(H,64,73)(H,65,72)(H2,63,66,67,75,76)/t42-,43+,44-,48+,49+,50+,52+/m1/s1. The van der Waals surface area contributed by atoms with Gasteiger partial charge in [-0.1, -0.05) is 191 Å². The Kier molecular flexibility index (Phi) is 31.4. The Hall–Kier alpha value is -7.35. The van der Waals surface area contributed by atoms with E-state index in [2.05, 4.69) is 38.5 Å². The quantitative estimate of drug-likeness (QED) is 0.0109. The van der Waals surface area contributed by atoms with Crippen LogP contribution in [0, 0.1) is 23.7 Å². The predicted octanol–water partition coefficient (Wildman–Crippen LogP) is 7.62. The van der Waals surface area contributed by atoms with Crippen LogP contribution in [-0.4, -0.2) is 110 Å². The molecule has 0 aliphatic rings. The highest BCUT2D eigenvalue weighted by Gasteiger charge is 2.38. The fraction of sp³-hybridized carbons (Fsp3) is 0.550. The molecule has 7 atom stereocenters. The lowest BCUT2D eigenvalue weighted by Gasteiger charge is -2.34. The second kappa shape index (κ2) is 37.5. The number of rotatable bonds is 35. The first-order valence-electron chi connectivity index (χ1n) is 28.1. The van der Waals surface area contributed by atoms with E-state index in [1.165, 1.54) is 25.3 Å². The number of primary amides is 1. The molecule has 0 spiro atoms. The summed E-state index contributed by atoms with van der Waals surface area (Å²) in [6, 6.07) is 23.9. The number of hydrogen-bond donors (Lipinski definition) is 6. The Morgan fingerprint density at radius 2 is 1.15 bits per heavy atom. The molecule has 7 N–H and O–H groups in total. The lowest BCUT2D eigenvalue weighted by atomic mass is 9.94. The van der Waals surface area contributed by atoms with Gasteiger partial charge < -0.3 is 45.5 Å². The summed E-state index contributed by atoms with van der Waals surface area (Å²) in [6.45, 7) is 11.9. The first-order chi connectivity index (χ1) is 38.3. The summed E-state index contributed by atoms with van der Waals surface area (Å²) in [5, 5.41) is 12.9. The van der Waals surface area contributed by atoms with Gasteiger partial charge in [0.25, 0.3) is 0 Å². The molecule has 0 aromatic heterocycles. The molecule has 0 heterocycles. The zero-order valence-electron chi connectivity index (χ0n) is 48.2. The van der Waals surface area contributed by atoms with Crippen molar-refractivity contribution in [2.75, 3.05) is 26.7 Å². The molecule has 0 unspecified atom stereocenters. The zero-order valence-corrected chi connectivity index (χ0v) is 48.2. The van der Waals surface area contributed by atoms with Gasteiger partial charge in [-0.05, 0) is 47.8 Å². The molecule has 7 amide bonds. The van der Waals surface area contributed by atoms with E-state index < -0.39 is 96.2 Å². The van der Waals surface area contributed by atoms with E-state index in [1.54, 1.807) is 62.4 Å². The average Bonchev–Trinajstić information content (AvgIpc) is 3.47. The third-order valence-corrected chi connectivity index (χ3v) is 13.5. The number of amides is 7. The van der Waals surface area contributed by atoms with Gasteiger partial charge in [-0.15, -0.1) is 0 Å². The number of nitrogens with two attached hydrogens (primary N) is 1. The van der Waals surface area contributed by atoms with Crippen LogP contribution in [0.25, 0.3) is 0 Å². The molecule has 0 bridgehead atoms. The van der Waals surface area contributed by atoms with E-state index in [1.807, 2.05) is 63.2 Å². The molecule has 0 aliphatic carbocycles. The van der Waals surface area contributed by atoms with Crippen molar-refractivity contribution in [2.45, 2.75) is 163 Å². The van der Waals surface area contributed by atoms with Crippen molar-refractivity contribution in [2.24, 2.45) is 34.4 Å². The topological polar surface area (TPSA) is 275 Å². The highest BCUT2D eigenvalue weighted by Crippen LogP contribution is 2.23.